The lowest BCUT2D eigenvalue weighted by Gasteiger charge is -2.11. The van der Waals surface area contributed by atoms with Crippen molar-refractivity contribution in [1.29, 1.82) is 0 Å². The molecule has 1 unspecified atom stereocenters. The average Bonchev–Trinajstić information content (AvgIpc) is 1.99. The molecule has 0 saturated heterocycles. The van der Waals surface area contributed by atoms with Crippen LogP contribution >= 0.6 is 0 Å². The zero-order chi connectivity index (χ0) is 9.56. The number of nitrogens with one attached hydrogen (secondary N) is 1. The van der Waals surface area contributed by atoms with Crippen molar-refractivity contribution in [2.45, 2.75) is 13.0 Å². The number of rotatable bonds is 3. The van der Waals surface area contributed by atoms with E-state index in [4.69, 9.17) is 5.73 Å². The van der Waals surface area contributed by atoms with Gasteiger partial charge in [-0.3, -0.25) is 0 Å². The van der Waals surface area contributed by atoms with E-state index in [1.54, 1.807) is 6.92 Å². The molecule has 3 N–H and O–H groups in total. The van der Waals surface area contributed by atoms with Crippen molar-refractivity contribution in [3.63, 3.8) is 0 Å². The van der Waals surface area contributed by atoms with Gasteiger partial charge < -0.3 is 20.5 Å². The minimum atomic E-state index is -0.867. The van der Waals surface area contributed by atoms with E-state index >= 15 is 0 Å². The number of primary amides is 1. The highest BCUT2D eigenvalue weighted by molar-refractivity contribution is 5.67. The molecule has 0 aliphatic heterocycles. The molecule has 2 amide bonds. The van der Waals surface area contributed by atoms with Gasteiger partial charge in [-0.25, -0.2) is 9.59 Å². The van der Waals surface area contributed by atoms with Crippen LogP contribution in [0.2, 0.25) is 0 Å². The van der Waals surface area contributed by atoms with Crippen LogP contribution in [0.3, 0.4) is 0 Å². The first-order chi connectivity index (χ1) is 5.56. The van der Waals surface area contributed by atoms with Crippen LogP contribution in [0.1, 0.15) is 6.92 Å². The zero-order valence-electron chi connectivity index (χ0n) is 6.99. The molecule has 0 aliphatic rings. The van der Waals surface area contributed by atoms with Gasteiger partial charge in [-0.05, 0) is 6.92 Å². The van der Waals surface area contributed by atoms with Gasteiger partial charge in [-0.1, -0.05) is 0 Å². The van der Waals surface area contributed by atoms with Crippen molar-refractivity contribution >= 4 is 12.2 Å². The third-order valence-corrected chi connectivity index (χ3v) is 1.04. The highest BCUT2D eigenvalue weighted by Gasteiger charge is 2.07. The monoisotopic (exact) mass is 176 g/mol. The molecule has 12 heavy (non-hydrogen) atoms. The molecule has 6 heteroatoms. The third kappa shape index (κ3) is 5.33. The summed E-state index contributed by atoms with van der Waals surface area (Å²) in [5, 5.41) is 2.34. The smallest absolute Gasteiger partial charge is 0.406 e. The van der Waals surface area contributed by atoms with Crippen molar-refractivity contribution < 1.29 is 19.1 Å². The normalized spacial score (nSPS) is 11.5. The molecular weight excluding hydrogens is 164 g/mol. The first-order valence-electron chi connectivity index (χ1n) is 3.34. The van der Waals surface area contributed by atoms with E-state index in [2.05, 4.69) is 14.8 Å². The molecule has 6 nitrogen and oxygen atoms in total. The average molecular weight is 176 g/mol. The summed E-state index contributed by atoms with van der Waals surface area (Å²) >= 11 is 0. The predicted octanol–water partition coefficient (Wildman–Crippen LogP) is -0.174. The van der Waals surface area contributed by atoms with Crippen LogP contribution in [-0.4, -0.2) is 31.9 Å². The van der Waals surface area contributed by atoms with Gasteiger partial charge in [-0.15, -0.1) is 0 Å². The summed E-state index contributed by atoms with van der Waals surface area (Å²) in [5.74, 6) is 0. The van der Waals surface area contributed by atoms with Crippen LogP contribution in [-0.2, 0) is 9.47 Å². The summed E-state index contributed by atoms with van der Waals surface area (Å²) in [6.45, 7) is 1.77. The van der Waals surface area contributed by atoms with Crippen molar-refractivity contribution in [2.75, 3.05) is 13.7 Å². The third-order valence-electron chi connectivity index (χ3n) is 1.04. The van der Waals surface area contributed by atoms with Crippen LogP contribution in [0.25, 0.3) is 0 Å². The Hall–Kier alpha value is -1.46. The first-order valence-corrected chi connectivity index (χ1v) is 3.34. The molecule has 0 spiro atoms. The maximum absolute atomic E-state index is 10.5. The van der Waals surface area contributed by atoms with Crippen molar-refractivity contribution in [3.05, 3.63) is 0 Å². The molecule has 0 saturated carbocycles. The molecule has 0 fully saturated rings. The van der Waals surface area contributed by atoms with Crippen LogP contribution in [0.5, 0.6) is 0 Å². The number of methoxy groups -OCH3 is 1. The Morgan fingerprint density at radius 3 is 2.58 bits per heavy atom. The molecule has 70 valence electrons. The van der Waals surface area contributed by atoms with Gasteiger partial charge >= 0.3 is 12.2 Å². The number of alkyl carbamates (subject to hydrolysis) is 1. The van der Waals surface area contributed by atoms with E-state index in [0.29, 0.717) is 0 Å². The summed E-state index contributed by atoms with van der Waals surface area (Å²) < 4.78 is 8.80. The van der Waals surface area contributed by atoms with E-state index in [0.717, 1.165) is 0 Å². The SMILES string of the molecule is COC(=O)NCC(C)OC(N)=O. The first kappa shape index (κ1) is 10.5. The number of hydrogen-bond acceptors (Lipinski definition) is 4. The summed E-state index contributed by atoms with van der Waals surface area (Å²) in [4.78, 5) is 20.7. The minimum absolute atomic E-state index is 0.176. The Balaban J connectivity index is 3.50. The number of carbonyl (C=O) groups excluding carboxylic acids is 2. The van der Waals surface area contributed by atoms with Crippen LogP contribution in [0, 0.1) is 0 Å². The molecule has 0 aliphatic carbocycles. The lowest BCUT2D eigenvalue weighted by atomic mass is 10.4. The van der Waals surface area contributed by atoms with E-state index in [-0.39, 0.29) is 6.54 Å². The number of carbonyl (C=O) groups is 2. The second kappa shape index (κ2) is 5.22. The fourth-order valence-corrected chi connectivity index (χ4v) is 0.539. The van der Waals surface area contributed by atoms with E-state index < -0.39 is 18.3 Å². The van der Waals surface area contributed by atoms with Crippen LogP contribution in [0.15, 0.2) is 0 Å². The Labute approximate surface area is 70.0 Å². The summed E-state index contributed by atoms with van der Waals surface area (Å²) in [6, 6.07) is 0. The fraction of sp³-hybridized carbons (Fsp3) is 0.667. The lowest BCUT2D eigenvalue weighted by Crippen LogP contribution is -2.34. The summed E-state index contributed by atoms with van der Waals surface area (Å²) in [6.07, 6.45) is -1.90. The van der Waals surface area contributed by atoms with Crippen molar-refractivity contribution in [3.8, 4) is 0 Å². The fourth-order valence-electron chi connectivity index (χ4n) is 0.539. The van der Waals surface area contributed by atoms with Crippen molar-refractivity contribution in [1.82, 2.24) is 5.32 Å². The van der Waals surface area contributed by atoms with E-state index in [1.807, 2.05) is 0 Å². The topological polar surface area (TPSA) is 90.7 Å². The molecule has 0 bridgehead atoms. The van der Waals surface area contributed by atoms with Crippen molar-refractivity contribution in [2.24, 2.45) is 5.73 Å². The standard InChI is InChI=1S/C6H12N2O4/c1-4(12-5(7)9)3-8-6(10)11-2/h4H,3H2,1-2H3,(H2,7,9)(H,8,10). The maximum Gasteiger partial charge on any atom is 0.406 e. The van der Waals surface area contributed by atoms with Gasteiger partial charge in [0.2, 0.25) is 0 Å². The largest absolute Gasteiger partial charge is 0.453 e. The van der Waals surface area contributed by atoms with Gasteiger partial charge in [0.05, 0.1) is 13.7 Å². The quantitative estimate of drug-likeness (QED) is 0.624. The second-order valence-electron chi connectivity index (χ2n) is 2.12. The molecule has 0 radical (unpaired) electrons. The zero-order valence-corrected chi connectivity index (χ0v) is 6.99. The molecule has 0 aromatic heterocycles. The Bertz CT molecular complexity index is 171. The number of nitrogens with two attached hydrogens (primary N) is 1. The summed E-state index contributed by atoms with van der Waals surface area (Å²) in [5.41, 5.74) is 4.73. The number of hydrogen-bond donors (Lipinski definition) is 2. The molecule has 0 aromatic rings. The van der Waals surface area contributed by atoms with Gasteiger partial charge in [0, 0.05) is 0 Å². The Kier molecular flexibility index (Phi) is 4.59. The predicted molar refractivity (Wildman–Crippen MR) is 40.5 cm³/mol. The molecule has 0 aromatic carbocycles. The van der Waals surface area contributed by atoms with E-state index in [9.17, 15) is 9.59 Å². The lowest BCUT2D eigenvalue weighted by molar-refractivity contribution is 0.111. The van der Waals surface area contributed by atoms with Gasteiger partial charge in [0.15, 0.2) is 0 Å². The maximum atomic E-state index is 10.5. The molecule has 0 rings (SSSR count). The second-order valence-corrected chi connectivity index (χ2v) is 2.12. The van der Waals surface area contributed by atoms with E-state index in [1.165, 1.54) is 7.11 Å². The number of ether oxygens (including phenoxy) is 2. The Morgan fingerprint density at radius 1 is 1.58 bits per heavy atom. The molecular formula is C6H12N2O4. The molecule has 1 atom stereocenters. The molecule has 0 heterocycles. The highest BCUT2D eigenvalue weighted by atomic mass is 16.6. The number of amides is 2. The van der Waals surface area contributed by atoms with Gasteiger partial charge in [0.1, 0.15) is 6.10 Å². The van der Waals surface area contributed by atoms with Gasteiger partial charge in [-0.2, -0.15) is 0 Å². The van der Waals surface area contributed by atoms with Gasteiger partial charge in [0.25, 0.3) is 0 Å². The van der Waals surface area contributed by atoms with Crippen LogP contribution in [0.4, 0.5) is 9.59 Å². The Morgan fingerprint density at radius 2 is 2.17 bits per heavy atom. The van der Waals surface area contributed by atoms with Crippen LogP contribution < -0.4 is 11.1 Å². The summed E-state index contributed by atoms with van der Waals surface area (Å²) in [7, 11) is 1.24. The highest BCUT2D eigenvalue weighted by Crippen LogP contribution is 1.87. The minimum Gasteiger partial charge on any atom is -0.453 e.